The molecule has 1 N–H and O–H groups in total. The standard InChI is InChI=1S/C13H14F3NO2/c14-13(15,16)9-6-12-11(18-7-19-12)5-8(9)10-3-1-2-4-17-10/h5-6,10,17H,1-4,7H2. The lowest BCUT2D eigenvalue weighted by atomic mass is 9.93. The Morgan fingerprint density at radius 1 is 1.11 bits per heavy atom. The lowest BCUT2D eigenvalue weighted by Gasteiger charge is -2.26. The molecule has 0 saturated carbocycles. The number of piperidine rings is 1. The van der Waals surface area contributed by atoms with Gasteiger partial charge in [-0.25, -0.2) is 0 Å². The summed E-state index contributed by atoms with van der Waals surface area (Å²) in [5, 5.41) is 3.14. The van der Waals surface area contributed by atoms with E-state index in [1.807, 2.05) is 0 Å². The number of alkyl halides is 3. The molecule has 0 amide bonds. The fourth-order valence-electron chi connectivity index (χ4n) is 2.61. The maximum absolute atomic E-state index is 13.1. The molecule has 1 saturated heterocycles. The zero-order chi connectivity index (χ0) is 13.5. The molecule has 19 heavy (non-hydrogen) atoms. The maximum atomic E-state index is 13.1. The Labute approximate surface area is 108 Å². The van der Waals surface area contributed by atoms with Crippen molar-refractivity contribution in [3.05, 3.63) is 23.3 Å². The molecule has 3 rings (SSSR count). The molecule has 3 nitrogen and oxygen atoms in total. The second kappa shape index (κ2) is 4.59. The first-order chi connectivity index (χ1) is 9.05. The molecule has 0 aromatic heterocycles. The third-order valence-electron chi connectivity index (χ3n) is 3.54. The van der Waals surface area contributed by atoms with E-state index >= 15 is 0 Å². The topological polar surface area (TPSA) is 30.5 Å². The minimum absolute atomic E-state index is 0.0197. The highest BCUT2D eigenvalue weighted by atomic mass is 19.4. The van der Waals surface area contributed by atoms with Crippen LogP contribution in [0, 0.1) is 0 Å². The Hall–Kier alpha value is -1.43. The zero-order valence-corrected chi connectivity index (χ0v) is 10.2. The van der Waals surface area contributed by atoms with Crippen molar-refractivity contribution in [1.29, 1.82) is 0 Å². The Kier molecular flexibility index (Phi) is 3.05. The Morgan fingerprint density at radius 2 is 1.84 bits per heavy atom. The van der Waals surface area contributed by atoms with Crippen molar-refractivity contribution in [2.75, 3.05) is 13.3 Å². The van der Waals surface area contributed by atoms with Gasteiger partial charge in [-0.1, -0.05) is 6.42 Å². The molecule has 0 bridgehead atoms. The average Bonchev–Trinajstić information content (AvgIpc) is 2.84. The summed E-state index contributed by atoms with van der Waals surface area (Å²) in [4.78, 5) is 0. The second-order valence-corrected chi connectivity index (χ2v) is 4.79. The van der Waals surface area contributed by atoms with Crippen LogP contribution in [-0.4, -0.2) is 13.3 Å². The average molecular weight is 273 g/mol. The first-order valence-corrected chi connectivity index (χ1v) is 6.30. The molecule has 6 heteroatoms. The van der Waals surface area contributed by atoms with Gasteiger partial charge in [-0.15, -0.1) is 0 Å². The van der Waals surface area contributed by atoms with Gasteiger partial charge in [-0.3, -0.25) is 0 Å². The first-order valence-electron chi connectivity index (χ1n) is 6.30. The second-order valence-electron chi connectivity index (χ2n) is 4.79. The number of hydrogen-bond acceptors (Lipinski definition) is 3. The lowest BCUT2D eigenvalue weighted by molar-refractivity contribution is -0.138. The van der Waals surface area contributed by atoms with Gasteiger partial charge in [0.05, 0.1) is 5.56 Å². The van der Waals surface area contributed by atoms with E-state index in [2.05, 4.69) is 5.32 Å². The molecule has 1 atom stereocenters. The number of benzene rings is 1. The van der Waals surface area contributed by atoms with Crippen LogP contribution in [0.4, 0.5) is 13.2 Å². The van der Waals surface area contributed by atoms with E-state index in [0.29, 0.717) is 12.2 Å². The first kappa shape index (κ1) is 12.6. The van der Waals surface area contributed by atoms with Crippen LogP contribution >= 0.6 is 0 Å². The molecule has 1 aromatic rings. The van der Waals surface area contributed by atoms with Gasteiger partial charge in [0.1, 0.15) is 0 Å². The number of halogens is 3. The molecular weight excluding hydrogens is 259 g/mol. The van der Waals surface area contributed by atoms with Gasteiger partial charge in [0, 0.05) is 6.04 Å². The molecule has 0 radical (unpaired) electrons. The van der Waals surface area contributed by atoms with Crippen LogP contribution < -0.4 is 14.8 Å². The van der Waals surface area contributed by atoms with Crippen LogP contribution in [0.2, 0.25) is 0 Å². The molecule has 0 spiro atoms. The molecule has 1 unspecified atom stereocenters. The van der Waals surface area contributed by atoms with Crippen molar-refractivity contribution >= 4 is 0 Å². The van der Waals surface area contributed by atoms with Crippen molar-refractivity contribution in [2.45, 2.75) is 31.5 Å². The van der Waals surface area contributed by atoms with Gasteiger partial charge in [-0.2, -0.15) is 13.2 Å². The predicted molar refractivity (Wildman–Crippen MR) is 62.2 cm³/mol. The summed E-state index contributed by atoms with van der Waals surface area (Å²) in [6, 6.07) is 2.25. The monoisotopic (exact) mass is 273 g/mol. The van der Waals surface area contributed by atoms with E-state index < -0.39 is 11.7 Å². The summed E-state index contributed by atoms with van der Waals surface area (Å²) in [7, 11) is 0. The summed E-state index contributed by atoms with van der Waals surface area (Å²) in [5.74, 6) is 0.572. The minimum atomic E-state index is -4.38. The van der Waals surface area contributed by atoms with Gasteiger partial charge in [0.2, 0.25) is 6.79 Å². The Morgan fingerprint density at radius 3 is 2.47 bits per heavy atom. The molecule has 0 aliphatic carbocycles. The fraction of sp³-hybridized carbons (Fsp3) is 0.538. The highest BCUT2D eigenvalue weighted by molar-refractivity contribution is 5.50. The van der Waals surface area contributed by atoms with Crippen LogP contribution in [0.1, 0.15) is 36.4 Å². The zero-order valence-electron chi connectivity index (χ0n) is 10.2. The van der Waals surface area contributed by atoms with Gasteiger partial charge >= 0.3 is 6.18 Å². The Balaban J connectivity index is 2.05. The van der Waals surface area contributed by atoms with Crippen molar-refractivity contribution in [3.63, 3.8) is 0 Å². The number of hydrogen-bond donors (Lipinski definition) is 1. The molecule has 2 aliphatic rings. The van der Waals surface area contributed by atoms with E-state index in [4.69, 9.17) is 9.47 Å². The smallest absolute Gasteiger partial charge is 0.416 e. The number of rotatable bonds is 1. The molecule has 2 heterocycles. The van der Waals surface area contributed by atoms with Crippen molar-refractivity contribution in [3.8, 4) is 11.5 Å². The van der Waals surface area contributed by atoms with Gasteiger partial charge < -0.3 is 14.8 Å². The van der Waals surface area contributed by atoms with Crippen molar-refractivity contribution < 1.29 is 22.6 Å². The molecule has 2 aliphatic heterocycles. The van der Waals surface area contributed by atoms with Crippen molar-refractivity contribution in [2.24, 2.45) is 0 Å². The minimum Gasteiger partial charge on any atom is -0.454 e. The summed E-state index contributed by atoms with van der Waals surface area (Å²) in [5.41, 5.74) is -0.368. The van der Waals surface area contributed by atoms with Gasteiger partial charge in [0.25, 0.3) is 0 Å². The van der Waals surface area contributed by atoms with Crippen LogP contribution in [-0.2, 0) is 6.18 Å². The fourth-order valence-corrected chi connectivity index (χ4v) is 2.61. The predicted octanol–water partition coefficient (Wildman–Crippen LogP) is 3.25. The summed E-state index contributed by atoms with van der Waals surface area (Å²) in [6.07, 6.45) is -1.73. The van der Waals surface area contributed by atoms with Gasteiger partial charge in [-0.05, 0) is 37.1 Å². The van der Waals surface area contributed by atoms with E-state index in [-0.39, 0.29) is 24.1 Å². The number of fused-ring (bicyclic) bond motifs is 1. The highest BCUT2D eigenvalue weighted by Gasteiger charge is 2.37. The van der Waals surface area contributed by atoms with Crippen molar-refractivity contribution in [1.82, 2.24) is 5.32 Å². The van der Waals surface area contributed by atoms with Crippen LogP contribution in [0.3, 0.4) is 0 Å². The number of ether oxygens (including phenoxy) is 2. The third-order valence-corrected chi connectivity index (χ3v) is 3.54. The molecule has 104 valence electrons. The van der Waals surface area contributed by atoms with E-state index in [1.54, 1.807) is 0 Å². The van der Waals surface area contributed by atoms with E-state index in [9.17, 15) is 13.2 Å². The van der Waals surface area contributed by atoms with Crippen LogP contribution in [0.5, 0.6) is 11.5 Å². The Bertz CT molecular complexity index is 482. The number of nitrogens with one attached hydrogen (secondary N) is 1. The largest absolute Gasteiger partial charge is 0.454 e. The van der Waals surface area contributed by atoms with Gasteiger partial charge in [0.15, 0.2) is 11.5 Å². The van der Waals surface area contributed by atoms with Crippen LogP contribution in [0.15, 0.2) is 12.1 Å². The normalized spacial score (nSPS) is 22.6. The maximum Gasteiger partial charge on any atom is 0.416 e. The summed E-state index contributed by atoms with van der Waals surface area (Å²) < 4.78 is 49.7. The SMILES string of the molecule is FC(F)(F)c1cc2c(cc1C1CCCCN1)OCO2. The molecular formula is C13H14F3NO2. The third kappa shape index (κ3) is 2.36. The lowest BCUT2D eigenvalue weighted by Crippen LogP contribution is -2.28. The van der Waals surface area contributed by atoms with E-state index in [1.165, 1.54) is 6.07 Å². The van der Waals surface area contributed by atoms with E-state index in [0.717, 1.165) is 25.5 Å². The quantitative estimate of drug-likeness (QED) is 0.852. The van der Waals surface area contributed by atoms with Crippen LogP contribution in [0.25, 0.3) is 0 Å². The molecule has 1 aromatic carbocycles. The molecule has 1 fully saturated rings. The summed E-state index contributed by atoms with van der Waals surface area (Å²) in [6.45, 7) is 0.727. The highest BCUT2D eigenvalue weighted by Crippen LogP contribution is 2.44. The summed E-state index contributed by atoms with van der Waals surface area (Å²) >= 11 is 0.